The number of nitrogens with zero attached hydrogens (tertiary/aromatic N) is 2. The van der Waals surface area contributed by atoms with E-state index >= 15 is 0 Å². The fourth-order valence-electron chi connectivity index (χ4n) is 2.78. The van der Waals surface area contributed by atoms with Crippen LogP contribution in [-0.2, 0) is 23.1 Å². The molecule has 3 aromatic rings. The first-order chi connectivity index (χ1) is 13.4. The van der Waals surface area contributed by atoms with Crippen LogP contribution in [0.5, 0.6) is 0 Å². The predicted octanol–water partition coefficient (Wildman–Crippen LogP) is 1.52. The van der Waals surface area contributed by atoms with E-state index in [4.69, 9.17) is 10.9 Å². The lowest BCUT2D eigenvalue weighted by Gasteiger charge is -2.11. The first-order valence-corrected chi connectivity index (χ1v) is 10.1. The molecule has 0 saturated heterocycles. The molecular formula is C19H21N5O3S. The number of aliphatic hydroxyl groups excluding tert-OH is 1. The van der Waals surface area contributed by atoms with Gasteiger partial charge in [-0.2, -0.15) is 4.98 Å². The minimum absolute atomic E-state index is 0.0833. The molecule has 1 heterocycles. The van der Waals surface area contributed by atoms with Gasteiger partial charge in [-0.3, -0.25) is 0 Å². The highest BCUT2D eigenvalue weighted by Crippen LogP contribution is 2.24. The molecule has 28 heavy (non-hydrogen) atoms. The maximum atomic E-state index is 11.3. The van der Waals surface area contributed by atoms with Crippen molar-refractivity contribution < 1.29 is 13.5 Å². The summed E-state index contributed by atoms with van der Waals surface area (Å²) >= 11 is 0. The van der Waals surface area contributed by atoms with Crippen molar-refractivity contribution in [2.75, 3.05) is 17.6 Å². The number of aromatic nitrogens is 2. The zero-order chi connectivity index (χ0) is 20.1. The first-order valence-electron chi connectivity index (χ1n) is 8.56. The average Bonchev–Trinajstić information content (AvgIpc) is 2.67. The third kappa shape index (κ3) is 4.83. The van der Waals surface area contributed by atoms with Crippen LogP contribution in [0, 0.1) is 0 Å². The van der Waals surface area contributed by atoms with Crippen molar-refractivity contribution >= 4 is 21.8 Å². The summed E-state index contributed by atoms with van der Waals surface area (Å²) < 4.78 is 22.6. The Morgan fingerprint density at radius 3 is 2.43 bits per heavy atom. The highest BCUT2D eigenvalue weighted by atomic mass is 32.2. The van der Waals surface area contributed by atoms with Gasteiger partial charge in [0.15, 0.2) is 0 Å². The molecule has 9 heteroatoms. The topological polar surface area (TPSA) is 144 Å². The second-order valence-corrected chi connectivity index (χ2v) is 7.74. The molecule has 0 aliphatic heterocycles. The standard InChI is InChI=1S/C19H21N5O3S/c20-19-23-17(16-4-2-1-3-14(16)12-25)11-18(24-19)22-10-9-13-5-7-15(8-6-13)28(21,26)27/h1-8,11,25H,9-10,12H2,(H2,21,26,27)(H3,20,22,23,24). The van der Waals surface area contributed by atoms with E-state index in [0.717, 1.165) is 16.7 Å². The number of nitrogens with two attached hydrogens (primary N) is 2. The van der Waals surface area contributed by atoms with Crippen molar-refractivity contribution in [3.63, 3.8) is 0 Å². The maximum absolute atomic E-state index is 11.3. The van der Waals surface area contributed by atoms with E-state index in [1.165, 1.54) is 12.1 Å². The Kier molecular flexibility index (Phi) is 5.88. The number of sulfonamides is 1. The number of primary sulfonamides is 1. The fourth-order valence-corrected chi connectivity index (χ4v) is 3.30. The van der Waals surface area contributed by atoms with E-state index in [1.807, 2.05) is 24.3 Å². The lowest BCUT2D eigenvalue weighted by Crippen LogP contribution is -2.12. The number of nitrogens with one attached hydrogen (secondary N) is 1. The summed E-state index contributed by atoms with van der Waals surface area (Å²) in [7, 11) is -3.69. The number of hydrogen-bond acceptors (Lipinski definition) is 7. The molecule has 2 aromatic carbocycles. The smallest absolute Gasteiger partial charge is 0.238 e. The molecule has 0 aliphatic carbocycles. The van der Waals surface area contributed by atoms with Gasteiger partial charge in [-0.05, 0) is 29.7 Å². The van der Waals surface area contributed by atoms with E-state index < -0.39 is 10.0 Å². The van der Waals surface area contributed by atoms with Crippen LogP contribution in [0.2, 0.25) is 0 Å². The SMILES string of the molecule is Nc1nc(NCCc2ccc(S(N)(=O)=O)cc2)cc(-c2ccccc2CO)n1. The lowest BCUT2D eigenvalue weighted by molar-refractivity contribution is 0.282. The molecule has 3 rings (SSSR count). The van der Waals surface area contributed by atoms with Gasteiger partial charge in [-0.25, -0.2) is 18.5 Å². The van der Waals surface area contributed by atoms with Crippen molar-refractivity contribution in [1.82, 2.24) is 9.97 Å². The minimum atomic E-state index is -3.69. The van der Waals surface area contributed by atoms with Crippen LogP contribution in [0.4, 0.5) is 11.8 Å². The van der Waals surface area contributed by atoms with Gasteiger partial charge in [0.05, 0.1) is 17.2 Å². The maximum Gasteiger partial charge on any atom is 0.238 e. The molecule has 6 N–H and O–H groups in total. The summed E-state index contributed by atoms with van der Waals surface area (Å²) in [4.78, 5) is 8.53. The Morgan fingerprint density at radius 2 is 1.75 bits per heavy atom. The van der Waals surface area contributed by atoms with Gasteiger partial charge in [0, 0.05) is 18.2 Å². The van der Waals surface area contributed by atoms with Gasteiger partial charge >= 0.3 is 0 Å². The van der Waals surface area contributed by atoms with Crippen molar-refractivity contribution in [2.45, 2.75) is 17.9 Å². The molecule has 0 radical (unpaired) electrons. The number of rotatable bonds is 7. The second kappa shape index (κ2) is 8.34. The van der Waals surface area contributed by atoms with Gasteiger partial charge in [-0.1, -0.05) is 36.4 Å². The summed E-state index contributed by atoms with van der Waals surface area (Å²) in [6.45, 7) is 0.462. The van der Waals surface area contributed by atoms with Crippen LogP contribution >= 0.6 is 0 Å². The highest BCUT2D eigenvalue weighted by molar-refractivity contribution is 7.89. The number of hydrogen-bond donors (Lipinski definition) is 4. The Labute approximate surface area is 163 Å². The molecular weight excluding hydrogens is 378 g/mol. The van der Waals surface area contributed by atoms with Gasteiger partial charge in [0.2, 0.25) is 16.0 Å². The Bertz CT molecular complexity index is 1070. The molecule has 0 saturated carbocycles. The molecule has 1 aromatic heterocycles. The van der Waals surface area contributed by atoms with Crippen LogP contribution in [0.3, 0.4) is 0 Å². The summed E-state index contributed by atoms with van der Waals surface area (Å²) in [5.41, 5.74) is 8.95. The Morgan fingerprint density at radius 1 is 1.04 bits per heavy atom. The zero-order valence-electron chi connectivity index (χ0n) is 15.0. The third-order valence-electron chi connectivity index (χ3n) is 4.18. The monoisotopic (exact) mass is 399 g/mol. The van der Waals surface area contributed by atoms with Gasteiger partial charge in [-0.15, -0.1) is 0 Å². The van der Waals surface area contributed by atoms with Crippen LogP contribution in [0.1, 0.15) is 11.1 Å². The van der Waals surface area contributed by atoms with Crippen LogP contribution in [0.25, 0.3) is 11.3 Å². The third-order valence-corrected chi connectivity index (χ3v) is 5.11. The molecule has 0 aliphatic rings. The van der Waals surface area contributed by atoms with Gasteiger partial charge in [0.25, 0.3) is 0 Å². The van der Waals surface area contributed by atoms with Crippen LogP contribution in [0.15, 0.2) is 59.5 Å². The van der Waals surface area contributed by atoms with Crippen LogP contribution in [-0.4, -0.2) is 30.0 Å². The molecule has 0 bridgehead atoms. The Balaban J connectivity index is 1.71. The van der Waals surface area contributed by atoms with Crippen molar-refractivity contribution in [1.29, 1.82) is 0 Å². The summed E-state index contributed by atoms with van der Waals surface area (Å²) in [6.07, 6.45) is 0.650. The van der Waals surface area contributed by atoms with Gasteiger partial charge < -0.3 is 16.2 Å². The minimum Gasteiger partial charge on any atom is -0.392 e. The van der Waals surface area contributed by atoms with Crippen molar-refractivity contribution in [3.8, 4) is 11.3 Å². The van der Waals surface area contributed by atoms with E-state index in [-0.39, 0.29) is 17.5 Å². The van der Waals surface area contributed by atoms with Crippen molar-refractivity contribution in [2.24, 2.45) is 5.14 Å². The molecule has 0 spiro atoms. The number of benzene rings is 2. The van der Waals surface area contributed by atoms with E-state index in [0.29, 0.717) is 24.5 Å². The highest BCUT2D eigenvalue weighted by Gasteiger charge is 2.09. The number of aliphatic hydroxyl groups is 1. The number of anilines is 2. The quantitative estimate of drug-likeness (QED) is 0.471. The summed E-state index contributed by atoms with van der Waals surface area (Å²) in [6, 6.07) is 15.6. The molecule has 8 nitrogen and oxygen atoms in total. The predicted molar refractivity (Wildman–Crippen MR) is 108 cm³/mol. The molecule has 0 amide bonds. The first kappa shape index (κ1) is 19.7. The van der Waals surface area contributed by atoms with Crippen LogP contribution < -0.4 is 16.2 Å². The summed E-state index contributed by atoms with van der Waals surface area (Å²) in [5.74, 6) is 0.696. The number of nitrogen functional groups attached to an aromatic ring is 1. The fraction of sp³-hybridized carbons (Fsp3) is 0.158. The normalized spacial score (nSPS) is 11.4. The second-order valence-electron chi connectivity index (χ2n) is 6.18. The lowest BCUT2D eigenvalue weighted by atomic mass is 10.0. The van der Waals surface area contributed by atoms with E-state index in [9.17, 15) is 13.5 Å². The largest absolute Gasteiger partial charge is 0.392 e. The Hall–Kier alpha value is -3.01. The molecule has 0 atom stereocenters. The summed E-state index contributed by atoms with van der Waals surface area (Å²) in [5, 5.41) is 17.8. The molecule has 0 unspecified atom stereocenters. The molecule has 0 fully saturated rings. The van der Waals surface area contributed by atoms with E-state index in [2.05, 4.69) is 15.3 Å². The molecule has 146 valence electrons. The average molecular weight is 399 g/mol. The van der Waals surface area contributed by atoms with Crippen molar-refractivity contribution in [3.05, 3.63) is 65.7 Å². The van der Waals surface area contributed by atoms with E-state index in [1.54, 1.807) is 18.2 Å². The van der Waals surface area contributed by atoms with Gasteiger partial charge in [0.1, 0.15) is 5.82 Å². The zero-order valence-corrected chi connectivity index (χ0v) is 15.9.